The SMILES string of the molecule is CCc1ccc(CN2C[C@@H]3COC[C@H](C2)N(C)C3=O)nc1. The van der Waals surface area contributed by atoms with Crippen molar-refractivity contribution < 1.29 is 9.53 Å². The molecule has 0 aromatic carbocycles. The lowest BCUT2D eigenvalue weighted by molar-refractivity contribution is -0.133. The molecule has 0 N–H and O–H groups in total. The zero-order valence-corrected chi connectivity index (χ0v) is 12.8. The lowest BCUT2D eigenvalue weighted by Crippen LogP contribution is -2.43. The number of aromatic nitrogens is 1. The van der Waals surface area contributed by atoms with Gasteiger partial charge in [-0.1, -0.05) is 13.0 Å². The average molecular weight is 289 g/mol. The molecule has 2 saturated heterocycles. The molecule has 1 aromatic heterocycles. The molecule has 21 heavy (non-hydrogen) atoms. The summed E-state index contributed by atoms with van der Waals surface area (Å²) < 4.78 is 5.63. The van der Waals surface area contributed by atoms with Gasteiger partial charge in [-0.2, -0.15) is 0 Å². The Hall–Kier alpha value is -1.46. The molecule has 0 saturated carbocycles. The average Bonchev–Trinajstić information content (AvgIpc) is 2.67. The first-order valence-corrected chi connectivity index (χ1v) is 7.68. The summed E-state index contributed by atoms with van der Waals surface area (Å²) in [5.41, 5.74) is 2.33. The number of hydrogen-bond donors (Lipinski definition) is 0. The summed E-state index contributed by atoms with van der Waals surface area (Å²) in [5, 5.41) is 0. The van der Waals surface area contributed by atoms with E-state index in [1.54, 1.807) is 0 Å². The van der Waals surface area contributed by atoms with Gasteiger partial charge in [-0.3, -0.25) is 14.7 Å². The maximum Gasteiger partial charge on any atom is 0.229 e. The van der Waals surface area contributed by atoms with E-state index in [4.69, 9.17) is 4.74 Å². The molecule has 114 valence electrons. The lowest BCUT2D eigenvalue weighted by atomic mass is 10.1. The van der Waals surface area contributed by atoms with Crippen LogP contribution in [0.2, 0.25) is 0 Å². The second-order valence-corrected chi connectivity index (χ2v) is 6.04. The largest absolute Gasteiger partial charge is 0.378 e. The highest BCUT2D eigenvalue weighted by Crippen LogP contribution is 2.20. The number of pyridine rings is 1. The molecule has 0 aliphatic carbocycles. The van der Waals surface area contributed by atoms with E-state index in [1.165, 1.54) is 5.56 Å². The number of carbonyl (C=O) groups excluding carboxylic acids is 1. The number of carbonyl (C=O) groups is 1. The highest BCUT2D eigenvalue weighted by molar-refractivity contribution is 5.79. The van der Waals surface area contributed by atoms with Crippen molar-refractivity contribution in [1.82, 2.24) is 14.8 Å². The highest BCUT2D eigenvalue weighted by atomic mass is 16.5. The minimum atomic E-state index is -0.0441. The van der Waals surface area contributed by atoms with Gasteiger partial charge in [0.1, 0.15) is 0 Å². The minimum absolute atomic E-state index is 0.0441. The first kappa shape index (κ1) is 14.5. The number of aryl methyl sites for hydroxylation is 1. The number of hydrogen-bond acceptors (Lipinski definition) is 4. The molecule has 2 atom stereocenters. The van der Waals surface area contributed by atoms with Crippen molar-refractivity contribution in [3.05, 3.63) is 29.6 Å². The zero-order chi connectivity index (χ0) is 14.8. The Morgan fingerprint density at radius 1 is 1.33 bits per heavy atom. The van der Waals surface area contributed by atoms with Gasteiger partial charge < -0.3 is 9.64 Å². The van der Waals surface area contributed by atoms with E-state index < -0.39 is 0 Å². The van der Waals surface area contributed by atoms with E-state index in [2.05, 4.69) is 28.9 Å². The van der Waals surface area contributed by atoms with Gasteiger partial charge >= 0.3 is 0 Å². The van der Waals surface area contributed by atoms with Gasteiger partial charge in [-0.25, -0.2) is 0 Å². The topological polar surface area (TPSA) is 45.7 Å². The summed E-state index contributed by atoms with van der Waals surface area (Å²) in [6, 6.07) is 4.39. The Morgan fingerprint density at radius 2 is 2.19 bits per heavy atom. The van der Waals surface area contributed by atoms with Gasteiger partial charge in [-0.15, -0.1) is 0 Å². The third-order valence-corrected chi connectivity index (χ3v) is 4.50. The van der Waals surface area contributed by atoms with Crippen molar-refractivity contribution in [2.24, 2.45) is 5.92 Å². The quantitative estimate of drug-likeness (QED) is 0.830. The van der Waals surface area contributed by atoms with Crippen LogP contribution in [0.1, 0.15) is 18.2 Å². The van der Waals surface area contributed by atoms with Crippen molar-refractivity contribution >= 4 is 5.91 Å². The van der Waals surface area contributed by atoms with E-state index in [0.29, 0.717) is 13.2 Å². The van der Waals surface area contributed by atoms with E-state index in [-0.39, 0.29) is 17.9 Å². The molecule has 5 heteroatoms. The molecule has 0 radical (unpaired) electrons. The smallest absolute Gasteiger partial charge is 0.229 e. The van der Waals surface area contributed by atoms with Crippen LogP contribution in [-0.4, -0.2) is 60.1 Å². The van der Waals surface area contributed by atoms with E-state index >= 15 is 0 Å². The normalized spacial score (nSPS) is 26.8. The summed E-state index contributed by atoms with van der Waals surface area (Å²) in [7, 11) is 1.90. The fourth-order valence-electron chi connectivity index (χ4n) is 3.10. The van der Waals surface area contributed by atoms with Crippen LogP contribution in [0.3, 0.4) is 0 Å². The zero-order valence-electron chi connectivity index (χ0n) is 12.8. The molecule has 1 aromatic rings. The first-order chi connectivity index (χ1) is 10.2. The summed E-state index contributed by atoms with van der Waals surface area (Å²) in [5.74, 6) is 0.173. The number of amides is 1. The Bertz CT molecular complexity index is 503. The maximum absolute atomic E-state index is 12.3. The maximum atomic E-state index is 12.3. The Morgan fingerprint density at radius 3 is 2.90 bits per heavy atom. The summed E-state index contributed by atoms with van der Waals surface area (Å²) in [6.07, 6.45) is 2.96. The van der Waals surface area contributed by atoms with Gasteiger partial charge in [0.15, 0.2) is 0 Å². The summed E-state index contributed by atoms with van der Waals surface area (Å²) in [4.78, 5) is 21.1. The molecule has 2 fully saturated rings. The van der Waals surface area contributed by atoms with Gasteiger partial charge in [0.2, 0.25) is 5.91 Å². The monoisotopic (exact) mass is 289 g/mol. The van der Waals surface area contributed by atoms with Gasteiger partial charge in [0, 0.05) is 32.9 Å². The molecule has 0 spiro atoms. The number of fused-ring (bicyclic) bond motifs is 3. The van der Waals surface area contributed by atoms with Crippen molar-refractivity contribution in [1.29, 1.82) is 0 Å². The second-order valence-electron chi connectivity index (χ2n) is 6.04. The van der Waals surface area contributed by atoms with Crippen LogP contribution >= 0.6 is 0 Å². The minimum Gasteiger partial charge on any atom is -0.378 e. The predicted octanol–water partition coefficient (Wildman–Crippen LogP) is 0.933. The van der Waals surface area contributed by atoms with E-state index in [0.717, 1.165) is 31.7 Å². The lowest BCUT2D eigenvalue weighted by Gasteiger charge is -2.29. The van der Waals surface area contributed by atoms with E-state index in [1.807, 2.05) is 18.1 Å². The van der Waals surface area contributed by atoms with Gasteiger partial charge in [-0.05, 0) is 18.1 Å². The van der Waals surface area contributed by atoms with E-state index in [9.17, 15) is 4.79 Å². The molecule has 5 nitrogen and oxygen atoms in total. The highest BCUT2D eigenvalue weighted by Gasteiger charge is 2.37. The first-order valence-electron chi connectivity index (χ1n) is 7.68. The molecule has 2 aliphatic rings. The van der Waals surface area contributed by atoms with Crippen LogP contribution in [0.5, 0.6) is 0 Å². The van der Waals surface area contributed by atoms with Crippen LogP contribution in [0.4, 0.5) is 0 Å². The summed E-state index contributed by atoms with van der Waals surface area (Å²) in [6.45, 7) is 5.73. The molecular formula is C16H23N3O2. The number of likely N-dealkylation sites (N-methyl/N-ethyl adjacent to an activating group) is 1. The third kappa shape index (κ3) is 3.09. The Kier molecular flexibility index (Phi) is 4.22. The molecule has 3 rings (SSSR count). The summed E-state index contributed by atoms with van der Waals surface area (Å²) >= 11 is 0. The standard InChI is InChI=1S/C16H23N3O2/c1-3-12-4-5-14(17-6-12)8-19-7-13-10-21-11-15(9-19)18(2)16(13)20/h4-6,13,15H,3,7-11H2,1-2H3/t13-,15+/m1/s1. The van der Waals surface area contributed by atoms with Crippen LogP contribution in [-0.2, 0) is 22.5 Å². The number of nitrogens with zero attached hydrogens (tertiary/aromatic N) is 3. The van der Waals surface area contributed by atoms with Crippen molar-refractivity contribution in [3.8, 4) is 0 Å². The molecule has 2 bridgehead atoms. The Labute approximate surface area is 125 Å². The molecule has 1 amide bonds. The predicted molar refractivity (Wildman–Crippen MR) is 79.8 cm³/mol. The Balaban J connectivity index is 1.72. The molecular weight excluding hydrogens is 266 g/mol. The van der Waals surface area contributed by atoms with Crippen LogP contribution in [0.25, 0.3) is 0 Å². The number of rotatable bonds is 3. The van der Waals surface area contributed by atoms with Crippen molar-refractivity contribution in [2.75, 3.05) is 33.4 Å². The van der Waals surface area contributed by atoms with Gasteiger partial charge in [0.05, 0.1) is 30.9 Å². The molecule has 2 aliphatic heterocycles. The fraction of sp³-hybridized carbons (Fsp3) is 0.625. The van der Waals surface area contributed by atoms with Crippen molar-refractivity contribution in [3.63, 3.8) is 0 Å². The van der Waals surface area contributed by atoms with Crippen molar-refractivity contribution in [2.45, 2.75) is 25.9 Å². The van der Waals surface area contributed by atoms with Crippen LogP contribution in [0, 0.1) is 5.92 Å². The second kappa shape index (κ2) is 6.12. The number of ether oxygens (including phenoxy) is 1. The van der Waals surface area contributed by atoms with Crippen LogP contribution < -0.4 is 0 Å². The fourth-order valence-corrected chi connectivity index (χ4v) is 3.10. The molecule has 0 unspecified atom stereocenters. The molecule has 3 heterocycles. The van der Waals surface area contributed by atoms with Gasteiger partial charge in [0.25, 0.3) is 0 Å². The third-order valence-electron chi connectivity index (χ3n) is 4.50. The van der Waals surface area contributed by atoms with Crippen LogP contribution in [0.15, 0.2) is 18.3 Å².